The monoisotopic (exact) mass is 919 g/mol. The van der Waals surface area contributed by atoms with Gasteiger partial charge in [-0.2, -0.15) is 4.98 Å². The van der Waals surface area contributed by atoms with E-state index in [0.29, 0.717) is 24.7 Å². The largest absolute Gasteiger partial charge is 0.393 e. The minimum absolute atomic E-state index is 0.0359. The maximum absolute atomic E-state index is 12.5. The van der Waals surface area contributed by atoms with Crippen LogP contribution in [0.1, 0.15) is 108 Å². The summed E-state index contributed by atoms with van der Waals surface area (Å²) >= 11 is 0. The Hall–Kier alpha value is -4.89. The lowest BCUT2D eigenvalue weighted by Gasteiger charge is -2.39. The number of likely N-dealkylation sites (tertiary alicyclic amines) is 1. The van der Waals surface area contributed by atoms with Gasteiger partial charge < -0.3 is 35.0 Å². The van der Waals surface area contributed by atoms with Crippen LogP contribution in [0, 0.1) is 11.8 Å². The van der Waals surface area contributed by atoms with Crippen LogP contribution >= 0.6 is 0 Å². The second-order valence-corrected chi connectivity index (χ2v) is 19.6. The van der Waals surface area contributed by atoms with E-state index in [0.717, 1.165) is 131 Å². The van der Waals surface area contributed by atoms with E-state index in [4.69, 9.17) is 10.1 Å². The van der Waals surface area contributed by atoms with Crippen molar-refractivity contribution in [1.29, 1.82) is 0 Å². The van der Waals surface area contributed by atoms with E-state index in [1.807, 2.05) is 30.4 Å². The number of anilines is 3. The van der Waals surface area contributed by atoms with Gasteiger partial charge in [0, 0.05) is 89.7 Å². The number of carbonyl (C=O) groups is 3. The number of carbonyl (C=O) groups excluding carboxylic acids is 3. The zero-order chi connectivity index (χ0) is 47.1. The Labute approximate surface area is 399 Å². The lowest BCUT2D eigenvalue weighted by atomic mass is 9.95. The van der Waals surface area contributed by atoms with Gasteiger partial charge in [0.1, 0.15) is 11.7 Å². The Morgan fingerprint density at radius 3 is 2.24 bits per heavy atom. The lowest BCUT2D eigenvalue weighted by Crippen LogP contribution is -2.51. The quantitative estimate of drug-likeness (QED) is 0.0421. The van der Waals surface area contributed by atoms with Crippen molar-refractivity contribution in [2.24, 2.45) is 11.8 Å². The Balaban J connectivity index is 0.000000871. The van der Waals surface area contributed by atoms with Gasteiger partial charge in [-0.25, -0.2) is 4.98 Å². The van der Waals surface area contributed by atoms with Crippen LogP contribution in [0.4, 0.5) is 17.3 Å². The molecule has 4 aromatic rings. The zero-order valence-electron chi connectivity index (χ0n) is 40.9. The first-order valence-electron chi connectivity index (χ1n) is 25.5. The van der Waals surface area contributed by atoms with E-state index in [1.54, 1.807) is 11.9 Å². The van der Waals surface area contributed by atoms with E-state index >= 15 is 0 Å². The highest BCUT2D eigenvalue weighted by molar-refractivity contribution is 6.02. The number of likely N-dealkylation sites (N-methyl/N-ethyl adjacent to an activating group) is 1. The van der Waals surface area contributed by atoms with Crippen LogP contribution < -0.4 is 20.4 Å². The van der Waals surface area contributed by atoms with E-state index in [2.05, 4.69) is 85.5 Å². The number of amides is 3. The Morgan fingerprint density at radius 2 is 1.57 bits per heavy atom. The number of piperidine rings is 2. The highest BCUT2D eigenvalue weighted by atomic mass is 16.3. The molecule has 67 heavy (non-hydrogen) atoms. The van der Waals surface area contributed by atoms with Crippen molar-refractivity contribution in [3.63, 3.8) is 0 Å². The molecule has 364 valence electrons. The lowest BCUT2D eigenvalue weighted by molar-refractivity contribution is -0.134. The number of aromatic nitrogens is 3. The van der Waals surface area contributed by atoms with Gasteiger partial charge in [-0.3, -0.25) is 24.6 Å². The van der Waals surface area contributed by atoms with Crippen LogP contribution in [0.5, 0.6) is 0 Å². The molecule has 3 amide bonds. The molecule has 5 heterocycles. The van der Waals surface area contributed by atoms with Gasteiger partial charge in [0.05, 0.1) is 17.5 Å². The molecular formula is C53H78N10O4. The molecule has 4 fully saturated rings. The number of hydrogen-bond donors (Lipinski definition) is 4. The van der Waals surface area contributed by atoms with Crippen molar-refractivity contribution in [3.8, 4) is 11.1 Å². The molecule has 14 nitrogen and oxygen atoms in total. The molecule has 14 heteroatoms. The normalized spacial score (nSPS) is 19.3. The number of aryl methyl sites for hydroxylation is 1. The van der Waals surface area contributed by atoms with Crippen LogP contribution in [-0.4, -0.2) is 138 Å². The summed E-state index contributed by atoms with van der Waals surface area (Å²) < 4.78 is 0. The van der Waals surface area contributed by atoms with Gasteiger partial charge >= 0.3 is 0 Å². The van der Waals surface area contributed by atoms with Gasteiger partial charge in [-0.1, -0.05) is 76.3 Å². The number of fused-ring (bicyclic) bond motifs is 1. The third-order valence-corrected chi connectivity index (χ3v) is 14.9. The van der Waals surface area contributed by atoms with Gasteiger partial charge in [0.2, 0.25) is 24.2 Å². The summed E-state index contributed by atoms with van der Waals surface area (Å²) in [5.74, 6) is 1.57. The summed E-state index contributed by atoms with van der Waals surface area (Å²) in [6.45, 7) is 15.5. The smallest absolute Gasteiger partial charge is 0.249 e. The summed E-state index contributed by atoms with van der Waals surface area (Å²) in [7, 11) is 3.60. The van der Waals surface area contributed by atoms with Crippen LogP contribution in [-0.2, 0) is 27.3 Å². The Morgan fingerprint density at radius 1 is 0.851 bits per heavy atom. The number of piperazine rings is 1. The average molecular weight is 919 g/mol. The number of aliphatic hydroxyl groups is 1. The molecule has 3 saturated heterocycles. The molecule has 0 bridgehead atoms. The molecule has 1 unspecified atom stereocenters. The third-order valence-electron chi connectivity index (χ3n) is 14.9. The molecule has 1 atom stereocenters. The SMILES string of the molecule is CCC(CC)CNc1ncc2c(-c3ccc(CN4CCN(CC5CCN(CCCCc6ccc(N(C)C7CCC(=O)NC7=O)c(N(C)C=O)c6)CC5)CC4)cc3)c[nH]c2n1.OC1CCCCC1. The first kappa shape index (κ1) is 50.0. The second kappa shape index (κ2) is 24.9. The molecule has 4 N–H and O–H groups in total. The summed E-state index contributed by atoms with van der Waals surface area (Å²) in [4.78, 5) is 60.1. The first-order valence-corrected chi connectivity index (χ1v) is 25.5. The number of rotatable bonds is 19. The van der Waals surface area contributed by atoms with Gasteiger partial charge in [0.25, 0.3) is 0 Å². The molecule has 2 aromatic heterocycles. The fourth-order valence-electron chi connectivity index (χ4n) is 10.3. The maximum Gasteiger partial charge on any atom is 0.249 e. The minimum atomic E-state index is -0.446. The zero-order valence-corrected chi connectivity index (χ0v) is 40.9. The predicted molar refractivity (Wildman–Crippen MR) is 270 cm³/mol. The highest BCUT2D eigenvalue weighted by Gasteiger charge is 2.31. The topological polar surface area (TPSA) is 153 Å². The van der Waals surface area contributed by atoms with E-state index < -0.39 is 6.04 Å². The molecule has 0 spiro atoms. The van der Waals surface area contributed by atoms with Crippen molar-refractivity contribution in [3.05, 3.63) is 66.0 Å². The number of H-pyrrole nitrogens is 1. The van der Waals surface area contributed by atoms with Crippen molar-refractivity contribution < 1.29 is 19.5 Å². The van der Waals surface area contributed by atoms with Gasteiger partial charge in [-0.15, -0.1) is 0 Å². The summed E-state index contributed by atoms with van der Waals surface area (Å²) in [5.41, 5.74) is 7.31. The van der Waals surface area contributed by atoms with Gasteiger partial charge in [0.15, 0.2) is 0 Å². The molecular weight excluding hydrogens is 841 g/mol. The highest BCUT2D eigenvalue weighted by Crippen LogP contribution is 2.33. The second-order valence-electron chi connectivity index (χ2n) is 19.6. The molecule has 3 aliphatic heterocycles. The van der Waals surface area contributed by atoms with E-state index in [1.165, 1.54) is 68.4 Å². The number of nitrogens with one attached hydrogen (secondary N) is 3. The minimum Gasteiger partial charge on any atom is -0.393 e. The number of hydrogen-bond acceptors (Lipinski definition) is 11. The Kier molecular flexibility index (Phi) is 18.6. The van der Waals surface area contributed by atoms with Crippen LogP contribution in [0.3, 0.4) is 0 Å². The molecule has 2 aromatic carbocycles. The number of aromatic amines is 1. The molecule has 1 saturated carbocycles. The first-order chi connectivity index (χ1) is 32.6. The van der Waals surface area contributed by atoms with E-state index in [9.17, 15) is 14.4 Å². The van der Waals surface area contributed by atoms with Crippen molar-refractivity contribution >= 4 is 46.6 Å². The number of aliphatic hydroxyl groups excluding tert-OH is 1. The molecule has 4 aliphatic rings. The van der Waals surface area contributed by atoms with Crippen LogP contribution in [0.25, 0.3) is 22.2 Å². The predicted octanol–water partition coefficient (Wildman–Crippen LogP) is 7.47. The number of benzene rings is 2. The molecule has 0 radical (unpaired) electrons. The fraction of sp³-hybridized carbons (Fsp3) is 0.604. The van der Waals surface area contributed by atoms with E-state index in [-0.39, 0.29) is 17.9 Å². The molecule has 1 aliphatic carbocycles. The summed E-state index contributed by atoms with van der Waals surface area (Å²) in [6, 6.07) is 14.7. The van der Waals surface area contributed by atoms with Crippen molar-refractivity contribution in [2.45, 2.75) is 122 Å². The number of imide groups is 1. The fourth-order valence-corrected chi connectivity index (χ4v) is 10.3. The summed E-state index contributed by atoms with van der Waals surface area (Å²) in [5, 5.41) is 15.8. The number of nitrogens with zero attached hydrogens (tertiary/aromatic N) is 7. The summed E-state index contributed by atoms with van der Waals surface area (Å²) in [6.07, 6.45) is 19.5. The number of unbranched alkanes of at least 4 members (excludes halogenated alkanes) is 1. The Bertz CT molecular complexity index is 2170. The standard InChI is InChI=1S/C47H66N10O3.C6H12O/c1-5-34(6-2)28-49-47-50-30-40-39(29-48-45(40)52-47)38-13-10-36(11-14-38)31-56-23-25-57(26-24-56)32-37-18-21-55(22-19-37)20-8-7-9-35-12-15-41(43(27-35)53(3)33-58)54(4)42-16-17-44(59)51-46(42)60;7-6-4-2-1-3-5-6/h10-15,27,29-30,33-34,37,42H,5-9,16-26,28,31-32H2,1-4H3,(H,51,59,60)(H2,48,49,50,52);6-7H,1-5H2. The third kappa shape index (κ3) is 14.1. The van der Waals surface area contributed by atoms with Crippen LogP contribution in [0.2, 0.25) is 0 Å². The average Bonchev–Trinajstić information content (AvgIpc) is 3.78. The molecule has 8 rings (SSSR count). The maximum atomic E-state index is 12.5. The van der Waals surface area contributed by atoms with Gasteiger partial charge in [-0.05, 0) is 112 Å². The van der Waals surface area contributed by atoms with Crippen LogP contribution in [0.15, 0.2) is 54.9 Å². The van der Waals surface area contributed by atoms with Crippen molar-refractivity contribution in [1.82, 2.24) is 35.0 Å². The van der Waals surface area contributed by atoms with Crippen molar-refractivity contribution in [2.75, 3.05) is 88.1 Å².